The SMILES string of the molecule is COc1cc(SC(C)C(C)O)c(F)cc1[N+](=O)[O-]. The van der Waals surface area contributed by atoms with E-state index in [4.69, 9.17) is 4.74 Å². The van der Waals surface area contributed by atoms with E-state index in [2.05, 4.69) is 0 Å². The van der Waals surface area contributed by atoms with Crippen molar-refractivity contribution in [2.45, 2.75) is 30.1 Å². The van der Waals surface area contributed by atoms with Crippen molar-refractivity contribution in [1.82, 2.24) is 0 Å². The Kier molecular flexibility index (Phi) is 4.92. The summed E-state index contributed by atoms with van der Waals surface area (Å²) in [7, 11) is 1.28. The highest BCUT2D eigenvalue weighted by Gasteiger charge is 2.21. The lowest BCUT2D eigenvalue weighted by Gasteiger charge is -2.15. The van der Waals surface area contributed by atoms with E-state index >= 15 is 0 Å². The van der Waals surface area contributed by atoms with Crippen molar-refractivity contribution in [3.05, 3.63) is 28.1 Å². The molecular weight excluding hydrogens is 261 g/mol. The van der Waals surface area contributed by atoms with Crippen LogP contribution in [0.15, 0.2) is 17.0 Å². The molecule has 0 aliphatic heterocycles. The summed E-state index contributed by atoms with van der Waals surface area (Å²) in [5.74, 6) is -0.693. The summed E-state index contributed by atoms with van der Waals surface area (Å²) in [5.41, 5.74) is -0.413. The zero-order chi connectivity index (χ0) is 13.9. The van der Waals surface area contributed by atoms with Gasteiger partial charge in [0.2, 0.25) is 0 Å². The lowest BCUT2D eigenvalue weighted by molar-refractivity contribution is -0.386. The fraction of sp³-hybridized carbons (Fsp3) is 0.455. The minimum atomic E-state index is -0.700. The number of thioether (sulfide) groups is 1. The Morgan fingerprint density at radius 2 is 2.11 bits per heavy atom. The van der Waals surface area contributed by atoms with Crippen LogP contribution in [0.2, 0.25) is 0 Å². The number of nitro benzene ring substituents is 1. The van der Waals surface area contributed by atoms with Crippen LogP contribution in [0.1, 0.15) is 13.8 Å². The van der Waals surface area contributed by atoms with Crippen LogP contribution in [0.5, 0.6) is 5.75 Å². The van der Waals surface area contributed by atoms with E-state index in [1.54, 1.807) is 13.8 Å². The van der Waals surface area contributed by atoms with E-state index in [9.17, 15) is 19.6 Å². The quantitative estimate of drug-likeness (QED) is 0.508. The Balaban J connectivity index is 3.11. The van der Waals surface area contributed by atoms with Crippen LogP contribution >= 0.6 is 11.8 Å². The van der Waals surface area contributed by atoms with Crippen LogP contribution < -0.4 is 4.74 Å². The summed E-state index contributed by atoms with van der Waals surface area (Å²) in [6.07, 6.45) is -0.615. The number of nitro groups is 1. The minimum Gasteiger partial charge on any atom is -0.490 e. The van der Waals surface area contributed by atoms with Crippen molar-refractivity contribution in [3.63, 3.8) is 0 Å². The molecule has 2 unspecified atom stereocenters. The fourth-order valence-electron chi connectivity index (χ4n) is 1.22. The Hall–Kier alpha value is -1.34. The van der Waals surface area contributed by atoms with E-state index in [-0.39, 0.29) is 15.9 Å². The second kappa shape index (κ2) is 6.01. The van der Waals surface area contributed by atoms with E-state index < -0.39 is 22.5 Å². The fourth-order valence-corrected chi connectivity index (χ4v) is 2.16. The molecule has 1 rings (SSSR count). The number of hydrogen-bond acceptors (Lipinski definition) is 5. The molecule has 0 saturated heterocycles. The summed E-state index contributed by atoms with van der Waals surface area (Å²) < 4.78 is 18.5. The number of methoxy groups -OCH3 is 1. The van der Waals surface area contributed by atoms with Gasteiger partial charge in [-0.05, 0) is 6.92 Å². The van der Waals surface area contributed by atoms with Crippen LogP contribution in [0, 0.1) is 15.9 Å². The molecule has 100 valence electrons. The third-order valence-corrected chi connectivity index (χ3v) is 3.75. The molecule has 0 saturated carbocycles. The van der Waals surface area contributed by atoms with E-state index in [1.165, 1.54) is 13.2 Å². The molecule has 0 bridgehead atoms. The number of hydrogen-bond donors (Lipinski definition) is 1. The number of aliphatic hydroxyl groups excluding tert-OH is 1. The summed E-state index contributed by atoms with van der Waals surface area (Å²) in [6.45, 7) is 3.33. The molecule has 0 radical (unpaired) electrons. The van der Waals surface area contributed by atoms with Crippen molar-refractivity contribution in [3.8, 4) is 5.75 Å². The van der Waals surface area contributed by atoms with Gasteiger partial charge in [0.1, 0.15) is 5.82 Å². The van der Waals surface area contributed by atoms with Gasteiger partial charge in [0.15, 0.2) is 5.75 Å². The standard InChI is InChI=1S/C11H14FNO4S/c1-6(14)7(2)18-11-5-10(17-3)9(13(15)16)4-8(11)12/h4-7,14H,1-3H3. The van der Waals surface area contributed by atoms with Crippen molar-refractivity contribution >= 4 is 17.4 Å². The first kappa shape index (κ1) is 14.7. The zero-order valence-electron chi connectivity index (χ0n) is 10.2. The van der Waals surface area contributed by atoms with Crippen LogP contribution in [0.4, 0.5) is 10.1 Å². The molecule has 0 aromatic heterocycles. The number of benzene rings is 1. The average molecular weight is 275 g/mol. The zero-order valence-corrected chi connectivity index (χ0v) is 11.0. The normalized spacial score (nSPS) is 14.1. The van der Waals surface area contributed by atoms with Gasteiger partial charge in [-0.15, -0.1) is 11.8 Å². The lowest BCUT2D eigenvalue weighted by Crippen LogP contribution is -2.15. The molecule has 7 heteroatoms. The molecular formula is C11H14FNO4S. The Morgan fingerprint density at radius 3 is 2.56 bits per heavy atom. The number of rotatable bonds is 5. The number of ether oxygens (including phenoxy) is 1. The summed E-state index contributed by atoms with van der Waals surface area (Å²) in [5, 5.41) is 19.8. The summed E-state index contributed by atoms with van der Waals surface area (Å²) >= 11 is 1.10. The first-order valence-corrected chi connectivity index (χ1v) is 6.11. The summed E-state index contributed by atoms with van der Waals surface area (Å²) in [6, 6.07) is 2.10. The molecule has 1 aromatic carbocycles. The van der Waals surface area contributed by atoms with Gasteiger partial charge in [0.05, 0.1) is 24.2 Å². The number of halogens is 1. The van der Waals surface area contributed by atoms with Gasteiger partial charge < -0.3 is 9.84 Å². The second-order valence-electron chi connectivity index (χ2n) is 3.78. The molecule has 0 fully saturated rings. The van der Waals surface area contributed by atoms with Crippen LogP contribution in [-0.4, -0.2) is 28.5 Å². The van der Waals surface area contributed by atoms with E-state index in [1.807, 2.05) is 0 Å². The van der Waals surface area contributed by atoms with Gasteiger partial charge in [-0.3, -0.25) is 10.1 Å². The highest BCUT2D eigenvalue weighted by Crippen LogP contribution is 2.36. The summed E-state index contributed by atoms with van der Waals surface area (Å²) in [4.78, 5) is 10.2. The minimum absolute atomic E-state index is 0.00157. The largest absolute Gasteiger partial charge is 0.490 e. The smallest absolute Gasteiger partial charge is 0.313 e. The monoisotopic (exact) mass is 275 g/mol. The molecule has 5 nitrogen and oxygen atoms in total. The van der Waals surface area contributed by atoms with Gasteiger partial charge in [0.25, 0.3) is 0 Å². The van der Waals surface area contributed by atoms with E-state index in [0.29, 0.717) is 0 Å². The maximum absolute atomic E-state index is 13.7. The molecule has 18 heavy (non-hydrogen) atoms. The Morgan fingerprint density at radius 1 is 1.50 bits per heavy atom. The first-order chi connectivity index (χ1) is 8.36. The van der Waals surface area contributed by atoms with Gasteiger partial charge >= 0.3 is 5.69 Å². The molecule has 0 aliphatic rings. The topological polar surface area (TPSA) is 72.6 Å². The van der Waals surface area contributed by atoms with Crippen molar-refractivity contribution < 1.29 is 19.2 Å². The van der Waals surface area contributed by atoms with Gasteiger partial charge in [0, 0.05) is 16.2 Å². The molecule has 1 N–H and O–H groups in total. The Bertz CT molecular complexity index is 453. The highest BCUT2D eigenvalue weighted by molar-refractivity contribution is 8.00. The van der Waals surface area contributed by atoms with Gasteiger partial charge in [-0.1, -0.05) is 6.92 Å². The molecule has 0 aliphatic carbocycles. The van der Waals surface area contributed by atoms with Crippen LogP contribution in [-0.2, 0) is 0 Å². The lowest BCUT2D eigenvalue weighted by atomic mass is 10.3. The van der Waals surface area contributed by atoms with Crippen LogP contribution in [0.3, 0.4) is 0 Å². The number of aliphatic hydroxyl groups is 1. The third kappa shape index (κ3) is 3.33. The van der Waals surface area contributed by atoms with Crippen molar-refractivity contribution in [1.29, 1.82) is 0 Å². The molecule has 0 heterocycles. The van der Waals surface area contributed by atoms with Gasteiger partial charge in [-0.2, -0.15) is 0 Å². The molecule has 2 atom stereocenters. The third-order valence-electron chi connectivity index (χ3n) is 2.42. The molecule has 0 amide bonds. The predicted molar refractivity (Wildman–Crippen MR) is 66.6 cm³/mol. The maximum atomic E-state index is 13.7. The van der Waals surface area contributed by atoms with Crippen molar-refractivity contribution in [2.75, 3.05) is 7.11 Å². The van der Waals surface area contributed by atoms with E-state index in [0.717, 1.165) is 17.8 Å². The first-order valence-electron chi connectivity index (χ1n) is 5.23. The second-order valence-corrected chi connectivity index (χ2v) is 5.19. The number of nitrogens with zero attached hydrogens (tertiary/aromatic N) is 1. The predicted octanol–water partition coefficient (Wildman–Crippen LogP) is 2.60. The maximum Gasteiger partial charge on any atom is 0.313 e. The van der Waals surface area contributed by atoms with Crippen LogP contribution in [0.25, 0.3) is 0 Å². The van der Waals surface area contributed by atoms with Gasteiger partial charge in [-0.25, -0.2) is 4.39 Å². The molecule has 1 aromatic rings. The van der Waals surface area contributed by atoms with Crippen molar-refractivity contribution in [2.24, 2.45) is 0 Å². The Labute approximate surface area is 108 Å². The highest BCUT2D eigenvalue weighted by atomic mass is 32.2. The molecule has 0 spiro atoms. The average Bonchev–Trinajstić information content (AvgIpc) is 2.30.